The molecule has 24 heavy (non-hydrogen) atoms. The van der Waals surface area contributed by atoms with Gasteiger partial charge in [-0.1, -0.05) is 47.6 Å². The Labute approximate surface area is 152 Å². The minimum absolute atomic E-state index is 0.305. The summed E-state index contributed by atoms with van der Waals surface area (Å²) in [4.78, 5) is 13.2. The molecular weight excluding hydrogens is 334 g/mol. The SMILES string of the molecule is Cc1c(NC(=O)N(C)N)cccc1S[Si](C(C)C)(C(C)C)C(C)C. The van der Waals surface area contributed by atoms with Gasteiger partial charge in [-0.05, 0) is 41.2 Å². The van der Waals surface area contributed by atoms with Crippen molar-refractivity contribution in [2.75, 3.05) is 12.4 Å². The van der Waals surface area contributed by atoms with E-state index < -0.39 is 7.22 Å². The number of nitrogens with zero attached hydrogens (tertiary/aromatic N) is 1. The second-order valence-corrected chi connectivity index (χ2v) is 15.9. The molecule has 0 unspecified atom stereocenters. The van der Waals surface area contributed by atoms with E-state index in [9.17, 15) is 4.79 Å². The highest BCUT2D eigenvalue weighted by atomic mass is 32.4. The van der Waals surface area contributed by atoms with Crippen molar-refractivity contribution < 1.29 is 4.79 Å². The molecule has 3 N–H and O–H groups in total. The fourth-order valence-electron chi connectivity index (χ4n) is 3.61. The molecule has 0 aliphatic rings. The van der Waals surface area contributed by atoms with Gasteiger partial charge in [0.05, 0.1) is 0 Å². The van der Waals surface area contributed by atoms with Crippen molar-refractivity contribution >= 4 is 30.2 Å². The predicted molar refractivity (Wildman–Crippen MR) is 109 cm³/mol. The van der Waals surface area contributed by atoms with E-state index in [1.165, 1.54) is 11.9 Å². The summed E-state index contributed by atoms with van der Waals surface area (Å²) in [5.74, 6) is 5.52. The van der Waals surface area contributed by atoms with Crippen molar-refractivity contribution in [2.24, 2.45) is 5.84 Å². The maximum absolute atomic E-state index is 11.9. The lowest BCUT2D eigenvalue weighted by molar-refractivity contribution is 0.223. The summed E-state index contributed by atoms with van der Waals surface area (Å²) < 4.78 is 0. The highest BCUT2D eigenvalue weighted by Gasteiger charge is 2.44. The van der Waals surface area contributed by atoms with Crippen molar-refractivity contribution in [1.82, 2.24) is 5.01 Å². The summed E-state index contributed by atoms with van der Waals surface area (Å²) in [5.41, 5.74) is 3.99. The highest BCUT2D eigenvalue weighted by Crippen LogP contribution is 2.52. The molecule has 0 spiro atoms. The number of carbonyl (C=O) groups is 1. The fraction of sp³-hybridized carbons (Fsp3) is 0.611. The largest absolute Gasteiger partial charge is 0.335 e. The first-order valence-electron chi connectivity index (χ1n) is 8.62. The number of hydrazine groups is 1. The van der Waals surface area contributed by atoms with Crippen LogP contribution in [0.15, 0.2) is 23.1 Å². The van der Waals surface area contributed by atoms with Gasteiger partial charge in [0.1, 0.15) is 7.22 Å². The number of nitrogens with one attached hydrogen (secondary N) is 1. The standard InChI is InChI=1S/C18H33N3OSSi/c1-12(2)24(13(3)4,14(5)6)23-17-11-9-10-16(15(17)7)20-18(22)21(8)19/h9-14H,19H2,1-8H3,(H,20,22). The first-order valence-corrected chi connectivity index (χ1v) is 12.4. The van der Waals surface area contributed by atoms with Gasteiger partial charge in [0.2, 0.25) is 0 Å². The van der Waals surface area contributed by atoms with E-state index >= 15 is 0 Å². The number of anilines is 1. The zero-order valence-electron chi connectivity index (χ0n) is 16.3. The van der Waals surface area contributed by atoms with Gasteiger partial charge in [0, 0.05) is 17.6 Å². The van der Waals surface area contributed by atoms with E-state index in [0.717, 1.165) is 16.3 Å². The van der Waals surface area contributed by atoms with Crippen molar-refractivity contribution in [3.8, 4) is 0 Å². The van der Waals surface area contributed by atoms with Crippen LogP contribution in [0.3, 0.4) is 0 Å². The van der Waals surface area contributed by atoms with Crippen molar-refractivity contribution in [2.45, 2.75) is 70.0 Å². The van der Waals surface area contributed by atoms with Crippen molar-refractivity contribution in [3.63, 3.8) is 0 Å². The Hall–Kier alpha value is -0.983. The molecule has 0 heterocycles. The molecular formula is C18H33N3OSSi. The summed E-state index contributed by atoms with van der Waals surface area (Å²) >= 11 is 2.08. The normalized spacial score (nSPS) is 12.2. The predicted octanol–water partition coefficient (Wildman–Crippen LogP) is 5.60. The number of nitrogens with two attached hydrogens (primary N) is 1. The van der Waals surface area contributed by atoms with Gasteiger partial charge < -0.3 is 5.32 Å². The second kappa shape index (κ2) is 8.40. The molecule has 0 fully saturated rings. The Bertz CT molecular complexity index is 552. The van der Waals surface area contributed by atoms with Gasteiger partial charge in [-0.15, -0.1) is 11.2 Å². The summed E-state index contributed by atoms with van der Waals surface area (Å²) in [6.45, 7) is 16.3. The van der Waals surface area contributed by atoms with Gasteiger partial charge in [-0.25, -0.2) is 10.6 Å². The monoisotopic (exact) mass is 367 g/mol. The number of hydrogen-bond donors (Lipinski definition) is 2. The van der Waals surface area contributed by atoms with Gasteiger partial charge in [-0.3, -0.25) is 5.01 Å². The molecule has 1 rings (SSSR count). The van der Waals surface area contributed by atoms with E-state index in [4.69, 9.17) is 5.84 Å². The summed E-state index contributed by atoms with van der Waals surface area (Å²) in [7, 11) is -0.0765. The average Bonchev–Trinajstić information content (AvgIpc) is 2.46. The molecule has 0 saturated carbocycles. The third-order valence-corrected chi connectivity index (χ3v) is 17.2. The Kier molecular flexibility index (Phi) is 7.37. The fourth-order valence-corrected chi connectivity index (χ4v) is 13.0. The number of carbonyl (C=O) groups excluding carboxylic acids is 1. The first-order chi connectivity index (χ1) is 11.0. The molecule has 0 aliphatic heterocycles. The molecule has 0 aliphatic carbocycles. The van der Waals surface area contributed by atoms with Crippen LogP contribution in [-0.2, 0) is 0 Å². The Morgan fingerprint density at radius 1 is 1.12 bits per heavy atom. The molecule has 136 valence electrons. The third kappa shape index (κ3) is 4.35. The summed E-state index contributed by atoms with van der Waals surface area (Å²) in [5, 5.41) is 3.95. The lowest BCUT2D eigenvalue weighted by Crippen LogP contribution is -2.41. The molecule has 0 aromatic heterocycles. The van der Waals surface area contributed by atoms with Crippen LogP contribution >= 0.6 is 11.2 Å². The molecule has 2 amide bonds. The Morgan fingerprint density at radius 2 is 1.62 bits per heavy atom. The molecule has 0 saturated heterocycles. The molecule has 1 aromatic carbocycles. The van der Waals surface area contributed by atoms with Gasteiger partial charge in [-0.2, -0.15) is 0 Å². The lowest BCUT2D eigenvalue weighted by atomic mass is 10.2. The quantitative estimate of drug-likeness (QED) is 0.298. The van der Waals surface area contributed by atoms with Crippen LogP contribution in [0.25, 0.3) is 0 Å². The van der Waals surface area contributed by atoms with E-state index in [1.807, 2.05) is 12.1 Å². The van der Waals surface area contributed by atoms with Gasteiger partial charge in [0.15, 0.2) is 0 Å². The van der Waals surface area contributed by atoms with Crippen LogP contribution in [0.5, 0.6) is 0 Å². The van der Waals surface area contributed by atoms with E-state index in [2.05, 4.69) is 71.1 Å². The third-order valence-electron chi connectivity index (χ3n) is 4.84. The summed E-state index contributed by atoms with van der Waals surface area (Å²) in [6.07, 6.45) is 0. The summed E-state index contributed by atoms with van der Waals surface area (Å²) in [6, 6.07) is 5.82. The topological polar surface area (TPSA) is 58.4 Å². The Balaban J connectivity index is 3.25. The van der Waals surface area contributed by atoms with Gasteiger partial charge in [0.25, 0.3) is 0 Å². The zero-order chi connectivity index (χ0) is 18.7. The van der Waals surface area contributed by atoms with E-state index in [0.29, 0.717) is 16.6 Å². The van der Waals surface area contributed by atoms with E-state index in [-0.39, 0.29) is 6.03 Å². The van der Waals surface area contributed by atoms with Crippen LogP contribution < -0.4 is 11.2 Å². The maximum Gasteiger partial charge on any atom is 0.335 e. The molecule has 4 nitrogen and oxygen atoms in total. The molecule has 6 heteroatoms. The molecule has 1 aromatic rings. The van der Waals surface area contributed by atoms with Crippen LogP contribution in [0.1, 0.15) is 47.1 Å². The first kappa shape index (κ1) is 21.1. The molecule has 0 atom stereocenters. The number of benzene rings is 1. The minimum atomic E-state index is -1.62. The number of rotatable bonds is 6. The van der Waals surface area contributed by atoms with Crippen LogP contribution in [0.2, 0.25) is 16.6 Å². The van der Waals surface area contributed by atoms with Gasteiger partial charge >= 0.3 is 6.03 Å². The molecule has 0 radical (unpaired) electrons. The number of urea groups is 1. The molecule has 0 bridgehead atoms. The lowest BCUT2D eigenvalue weighted by Gasteiger charge is -2.42. The second-order valence-electron chi connectivity index (χ2n) is 7.39. The van der Waals surface area contributed by atoms with E-state index in [1.54, 1.807) is 0 Å². The number of hydrogen-bond acceptors (Lipinski definition) is 3. The zero-order valence-corrected chi connectivity index (χ0v) is 18.1. The van der Waals surface area contributed by atoms with Crippen molar-refractivity contribution in [1.29, 1.82) is 0 Å². The smallest absolute Gasteiger partial charge is 0.306 e. The number of amides is 2. The average molecular weight is 368 g/mol. The minimum Gasteiger partial charge on any atom is -0.306 e. The van der Waals surface area contributed by atoms with Crippen LogP contribution in [-0.4, -0.2) is 25.3 Å². The maximum atomic E-state index is 11.9. The van der Waals surface area contributed by atoms with Crippen LogP contribution in [0, 0.1) is 6.92 Å². The Morgan fingerprint density at radius 3 is 2.04 bits per heavy atom. The van der Waals surface area contributed by atoms with Crippen LogP contribution in [0.4, 0.5) is 10.5 Å². The van der Waals surface area contributed by atoms with Crippen molar-refractivity contribution in [3.05, 3.63) is 23.8 Å². The highest BCUT2D eigenvalue weighted by molar-refractivity contribution is 8.29.